The molecule has 0 saturated carbocycles. The van der Waals surface area contributed by atoms with Gasteiger partial charge in [-0.3, -0.25) is 4.79 Å². The summed E-state index contributed by atoms with van der Waals surface area (Å²) in [6.45, 7) is 3.17. The number of likely N-dealkylation sites (tertiary alicyclic amines) is 1. The minimum absolute atomic E-state index is 0.137. The summed E-state index contributed by atoms with van der Waals surface area (Å²) in [5, 5.41) is 3.19. The van der Waals surface area contributed by atoms with Crippen molar-refractivity contribution in [2.75, 3.05) is 25.0 Å². The predicted molar refractivity (Wildman–Crippen MR) is 122 cm³/mol. The molecule has 0 spiro atoms. The highest BCUT2D eigenvalue weighted by Crippen LogP contribution is 2.50. The standard InChI is InChI=1S/C27H28N2O/c30-26-27(22-11-5-2-6-12-22,24-13-7-8-14-25(24)28-26)23-16-19-29(20-17-23)18-15-21-9-3-1-4-10-21/h1-14,23H,15-20H2,(H,28,30). The molecule has 0 aromatic heterocycles. The molecule has 30 heavy (non-hydrogen) atoms. The van der Waals surface area contributed by atoms with E-state index in [1.165, 1.54) is 5.56 Å². The van der Waals surface area contributed by atoms with E-state index in [1.807, 2.05) is 18.2 Å². The molecule has 0 radical (unpaired) electrons. The van der Waals surface area contributed by atoms with Gasteiger partial charge in [0.15, 0.2) is 0 Å². The van der Waals surface area contributed by atoms with Gasteiger partial charge in [0.2, 0.25) is 5.91 Å². The molecule has 1 unspecified atom stereocenters. The molecule has 1 atom stereocenters. The van der Waals surface area contributed by atoms with Gasteiger partial charge in [0.1, 0.15) is 5.41 Å². The van der Waals surface area contributed by atoms with Crippen molar-refractivity contribution in [1.82, 2.24) is 4.90 Å². The first-order valence-corrected chi connectivity index (χ1v) is 11.0. The van der Waals surface area contributed by atoms with Crippen molar-refractivity contribution in [3.05, 3.63) is 102 Å². The fraction of sp³-hybridized carbons (Fsp3) is 0.296. The van der Waals surface area contributed by atoms with E-state index in [-0.39, 0.29) is 5.91 Å². The molecule has 0 aliphatic carbocycles. The van der Waals surface area contributed by atoms with Crippen LogP contribution in [-0.4, -0.2) is 30.4 Å². The van der Waals surface area contributed by atoms with Gasteiger partial charge in [0.25, 0.3) is 0 Å². The lowest BCUT2D eigenvalue weighted by Crippen LogP contribution is -2.48. The predicted octanol–water partition coefficient (Wildman–Crippen LogP) is 4.88. The third-order valence-corrected chi connectivity index (χ3v) is 6.95. The summed E-state index contributed by atoms with van der Waals surface area (Å²) in [7, 11) is 0. The van der Waals surface area contributed by atoms with Crippen molar-refractivity contribution in [2.24, 2.45) is 5.92 Å². The van der Waals surface area contributed by atoms with E-state index >= 15 is 0 Å². The normalized spacial score (nSPS) is 21.9. The van der Waals surface area contributed by atoms with Crippen molar-refractivity contribution in [2.45, 2.75) is 24.7 Å². The topological polar surface area (TPSA) is 32.3 Å². The second-order valence-electron chi connectivity index (χ2n) is 8.53. The molecule has 3 nitrogen and oxygen atoms in total. The van der Waals surface area contributed by atoms with Crippen LogP contribution in [0, 0.1) is 5.92 Å². The Kier molecular flexibility index (Phi) is 5.14. The van der Waals surface area contributed by atoms with Gasteiger partial charge < -0.3 is 10.2 Å². The second kappa shape index (κ2) is 8.08. The molecule has 1 amide bonds. The number of fused-ring (bicyclic) bond motifs is 1. The van der Waals surface area contributed by atoms with Crippen LogP contribution in [0.25, 0.3) is 0 Å². The van der Waals surface area contributed by atoms with Crippen molar-refractivity contribution in [1.29, 1.82) is 0 Å². The first-order chi connectivity index (χ1) is 14.8. The average molecular weight is 397 g/mol. The maximum absolute atomic E-state index is 13.5. The van der Waals surface area contributed by atoms with Crippen LogP contribution in [0.4, 0.5) is 5.69 Å². The quantitative estimate of drug-likeness (QED) is 0.667. The van der Waals surface area contributed by atoms with E-state index in [2.05, 4.69) is 76.9 Å². The lowest BCUT2D eigenvalue weighted by molar-refractivity contribution is -0.121. The lowest BCUT2D eigenvalue weighted by Gasteiger charge is -2.42. The maximum Gasteiger partial charge on any atom is 0.239 e. The molecule has 1 saturated heterocycles. The Morgan fingerprint density at radius 3 is 2.20 bits per heavy atom. The van der Waals surface area contributed by atoms with E-state index in [0.717, 1.165) is 55.7 Å². The number of rotatable bonds is 5. The van der Waals surface area contributed by atoms with Crippen LogP contribution in [0.2, 0.25) is 0 Å². The molecule has 2 heterocycles. The molecule has 0 bridgehead atoms. The van der Waals surface area contributed by atoms with Gasteiger partial charge in [-0.1, -0.05) is 78.9 Å². The minimum atomic E-state index is -0.580. The zero-order chi connectivity index (χ0) is 20.4. The number of para-hydroxylation sites is 1. The molecular formula is C27H28N2O. The highest BCUT2D eigenvalue weighted by molar-refractivity contribution is 6.09. The van der Waals surface area contributed by atoms with Crippen LogP contribution in [0.5, 0.6) is 0 Å². The van der Waals surface area contributed by atoms with Crippen LogP contribution in [0.1, 0.15) is 29.5 Å². The number of hydrogen-bond acceptors (Lipinski definition) is 2. The number of nitrogens with one attached hydrogen (secondary N) is 1. The van der Waals surface area contributed by atoms with Crippen LogP contribution >= 0.6 is 0 Å². The Bertz CT molecular complexity index is 1010. The number of hydrogen-bond donors (Lipinski definition) is 1. The monoisotopic (exact) mass is 396 g/mol. The Hall–Kier alpha value is -2.91. The van der Waals surface area contributed by atoms with Crippen molar-refractivity contribution in [3.8, 4) is 0 Å². The van der Waals surface area contributed by atoms with E-state index < -0.39 is 5.41 Å². The van der Waals surface area contributed by atoms with Crippen LogP contribution in [0.15, 0.2) is 84.9 Å². The lowest BCUT2D eigenvalue weighted by atomic mass is 9.63. The first kappa shape index (κ1) is 19.1. The van der Waals surface area contributed by atoms with E-state index in [9.17, 15) is 4.79 Å². The molecule has 2 aliphatic rings. The number of nitrogens with zero attached hydrogens (tertiary/aromatic N) is 1. The third kappa shape index (κ3) is 3.23. The maximum atomic E-state index is 13.5. The van der Waals surface area contributed by atoms with Gasteiger partial charge in [0.05, 0.1) is 0 Å². The van der Waals surface area contributed by atoms with Crippen LogP contribution < -0.4 is 5.32 Å². The summed E-state index contributed by atoms with van der Waals surface area (Å²) >= 11 is 0. The van der Waals surface area contributed by atoms with E-state index in [4.69, 9.17) is 0 Å². The number of piperidine rings is 1. The molecule has 5 rings (SSSR count). The van der Waals surface area contributed by atoms with Crippen molar-refractivity contribution < 1.29 is 4.79 Å². The summed E-state index contributed by atoms with van der Waals surface area (Å²) in [4.78, 5) is 16.1. The largest absolute Gasteiger partial charge is 0.325 e. The molecule has 1 N–H and O–H groups in total. The first-order valence-electron chi connectivity index (χ1n) is 11.0. The molecule has 2 aliphatic heterocycles. The van der Waals surface area contributed by atoms with Crippen LogP contribution in [-0.2, 0) is 16.6 Å². The van der Waals surface area contributed by atoms with Crippen LogP contribution in [0.3, 0.4) is 0 Å². The second-order valence-corrected chi connectivity index (χ2v) is 8.53. The van der Waals surface area contributed by atoms with E-state index in [0.29, 0.717) is 5.92 Å². The fourth-order valence-electron chi connectivity index (χ4n) is 5.43. The number of anilines is 1. The fourth-order valence-corrected chi connectivity index (χ4v) is 5.43. The van der Waals surface area contributed by atoms with Gasteiger partial charge in [-0.25, -0.2) is 0 Å². The zero-order valence-corrected chi connectivity index (χ0v) is 17.3. The SMILES string of the molecule is O=C1Nc2ccccc2C1(c1ccccc1)C1CCN(CCc2ccccc2)CC1. The Labute approximate surface area is 178 Å². The van der Waals surface area contributed by atoms with E-state index in [1.54, 1.807) is 0 Å². The highest BCUT2D eigenvalue weighted by Gasteiger charge is 2.53. The number of carbonyl (C=O) groups excluding carboxylic acids is 1. The van der Waals surface area contributed by atoms with Crippen molar-refractivity contribution >= 4 is 11.6 Å². The van der Waals surface area contributed by atoms with Crippen molar-refractivity contribution in [3.63, 3.8) is 0 Å². The number of benzene rings is 3. The minimum Gasteiger partial charge on any atom is -0.325 e. The Morgan fingerprint density at radius 1 is 0.833 bits per heavy atom. The molecule has 3 aromatic carbocycles. The van der Waals surface area contributed by atoms with Gasteiger partial charge in [-0.2, -0.15) is 0 Å². The van der Waals surface area contributed by atoms with Gasteiger partial charge >= 0.3 is 0 Å². The average Bonchev–Trinajstić information content (AvgIpc) is 3.12. The van der Waals surface area contributed by atoms with Gasteiger partial charge in [0, 0.05) is 12.2 Å². The third-order valence-electron chi connectivity index (χ3n) is 6.95. The van der Waals surface area contributed by atoms with Gasteiger partial charge in [-0.15, -0.1) is 0 Å². The Balaban J connectivity index is 1.39. The summed E-state index contributed by atoms with van der Waals surface area (Å²) < 4.78 is 0. The summed E-state index contributed by atoms with van der Waals surface area (Å²) in [6, 6.07) is 29.3. The summed E-state index contributed by atoms with van der Waals surface area (Å²) in [5.41, 5.74) is 4.05. The molecular weight excluding hydrogens is 368 g/mol. The smallest absolute Gasteiger partial charge is 0.239 e. The molecule has 1 fully saturated rings. The summed E-state index contributed by atoms with van der Waals surface area (Å²) in [6.07, 6.45) is 3.15. The summed E-state index contributed by atoms with van der Waals surface area (Å²) in [5.74, 6) is 0.439. The number of amides is 1. The number of carbonyl (C=O) groups is 1. The Morgan fingerprint density at radius 2 is 1.47 bits per heavy atom. The highest BCUT2D eigenvalue weighted by atomic mass is 16.2. The zero-order valence-electron chi connectivity index (χ0n) is 17.3. The molecule has 152 valence electrons. The molecule has 3 aromatic rings. The van der Waals surface area contributed by atoms with Gasteiger partial charge in [-0.05, 0) is 61.0 Å². The molecule has 3 heteroatoms.